The molecule has 94 valence electrons. The highest BCUT2D eigenvalue weighted by atomic mass is 16.7. The number of ether oxygens (including phenoxy) is 2. The third kappa shape index (κ3) is 2.34. The van der Waals surface area contributed by atoms with Gasteiger partial charge in [0.05, 0.1) is 19.8 Å². The van der Waals surface area contributed by atoms with Crippen molar-refractivity contribution >= 4 is 0 Å². The van der Waals surface area contributed by atoms with Crippen LogP contribution in [0.1, 0.15) is 24.6 Å². The summed E-state index contributed by atoms with van der Waals surface area (Å²) in [6.45, 7) is 5.91. The second-order valence-corrected chi connectivity index (χ2v) is 4.61. The number of hydrogen-bond acceptors (Lipinski definition) is 6. The summed E-state index contributed by atoms with van der Waals surface area (Å²) < 4.78 is 16.3. The van der Waals surface area contributed by atoms with Gasteiger partial charge in [-0.3, -0.25) is 4.90 Å². The maximum Gasteiger partial charge on any atom is 0.223 e. The van der Waals surface area contributed by atoms with Gasteiger partial charge in [-0.1, -0.05) is 5.16 Å². The van der Waals surface area contributed by atoms with Crippen molar-refractivity contribution in [3.8, 4) is 0 Å². The molecule has 3 heterocycles. The van der Waals surface area contributed by atoms with Crippen LogP contribution in [0.2, 0.25) is 0 Å². The van der Waals surface area contributed by atoms with E-state index in [-0.39, 0.29) is 5.79 Å². The first-order valence-corrected chi connectivity index (χ1v) is 6.05. The Labute approximate surface area is 99.9 Å². The zero-order chi connectivity index (χ0) is 11.7. The van der Waals surface area contributed by atoms with Gasteiger partial charge in [0.15, 0.2) is 11.6 Å². The molecule has 2 aliphatic heterocycles. The Morgan fingerprint density at radius 3 is 2.53 bits per heavy atom. The molecule has 17 heavy (non-hydrogen) atoms. The summed E-state index contributed by atoms with van der Waals surface area (Å²) in [5.74, 6) is 1.08. The quantitative estimate of drug-likeness (QED) is 0.757. The van der Waals surface area contributed by atoms with Crippen molar-refractivity contribution in [2.24, 2.45) is 0 Å². The summed E-state index contributed by atoms with van der Waals surface area (Å²) in [6, 6.07) is 0. The van der Waals surface area contributed by atoms with Gasteiger partial charge in [-0.15, -0.1) is 0 Å². The van der Waals surface area contributed by atoms with E-state index in [0.717, 1.165) is 51.5 Å². The number of aromatic nitrogens is 2. The predicted octanol–water partition coefficient (Wildman–Crippen LogP) is 0.717. The minimum absolute atomic E-state index is 0.302. The van der Waals surface area contributed by atoms with Gasteiger partial charge in [-0.05, 0) is 0 Å². The molecule has 6 nitrogen and oxygen atoms in total. The van der Waals surface area contributed by atoms with E-state index in [4.69, 9.17) is 14.0 Å². The Bertz CT molecular complexity index is 377. The van der Waals surface area contributed by atoms with E-state index in [0.29, 0.717) is 5.89 Å². The maximum absolute atomic E-state index is 5.69. The Morgan fingerprint density at radius 2 is 1.94 bits per heavy atom. The molecule has 1 spiro atoms. The zero-order valence-electron chi connectivity index (χ0n) is 10.0. The van der Waals surface area contributed by atoms with E-state index in [9.17, 15) is 0 Å². The molecule has 0 atom stereocenters. The van der Waals surface area contributed by atoms with Crippen molar-refractivity contribution < 1.29 is 14.0 Å². The van der Waals surface area contributed by atoms with Crippen molar-refractivity contribution in [3.05, 3.63) is 11.7 Å². The van der Waals surface area contributed by atoms with Gasteiger partial charge in [-0.2, -0.15) is 4.98 Å². The zero-order valence-corrected chi connectivity index (χ0v) is 10.0. The van der Waals surface area contributed by atoms with E-state index >= 15 is 0 Å². The van der Waals surface area contributed by atoms with Crippen molar-refractivity contribution in [1.29, 1.82) is 0 Å². The molecule has 1 aromatic rings. The molecule has 0 amide bonds. The molecule has 0 bridgehead atoms. The lowest BCUT2D eigenvalue weighted by molar-refractivity contribution is -0.186. The highest BCUT2D eigenvalue weighted by molar-refractivity contribution is 4.88. The van der Waals surface area contributed by atoms with Crippen LogP contribution in [0, 0.1) is 6.92 Å². The highest BCUT2D eigenvalue weighted by Crippen LogP contribution is 2.31. The Kier molecular flexibility index (Phi) is 2.85. The lowest BCUT2D eigenvalue weighted by Gasteiger charge is -2.36. The smallest absolute Gasteiger partial charge is 0.223 e. The van der Waals surface area contributed by atoms with Gasteiger partial charge in [0.25, 0.3) is 0 Å². The number of nitrogens with zero attached hydrogens (tertiary/aromatic N) is 3. The number of likely N-dealkylation sites (tertiary alicyclic amines) is 1. The average molecular weight is 239 g/mol. The number of aryl methyl sites for hydroxylation is 1. The normalized spacial score (nSPS) is 24.5. The molecule has 0 saturated carbocycles. The standard InChI is InChI=1S/C11H17N3O3/c1-9-12-10(13-17-9)8-14-4-2-11(3-5-14)15-6-7-16-11/h2-8H2,1H3. The van der Waals surface area contributed by atoms with Gasteiger partial charge >= 0.3 is 0 Å². The van der Waals surface area contributed by atoms with E-state index < -0.39 is 0 Å². The second-order valence-electron chi connectivity index (χ2n) is 4.61. The maximum atomic E-state index is 5.69. The molecule has 1 aromatic heterocycles. The fraction of sp³-hybridized carbons (Fsp3) is 0.818. The molecular weight excluding hydrogens is 222 g/mol. The first-order valence-electron chi connectivity index (χ1n) is 6.05. The van der Waals surface area contributed by atoms with Gasteiger partial charge in [0, 0.05) is 32.9 Å². The van der Waals surface area contributed by atoms with Crippen LogP contribution in [0.25, 0.3) is 0 Å². The number of piperidine rings is 1. The first kappa shape index (κ1) is 11.1. The highest BCUT2D eigenvalue weighted by Gasteiger charge is 2.39. The fourth-order valence-electron chi connectivity index (χ4n) is 2.44. The van der Waals surface area contributed by atoms with Crippen molar-refractivity contribution in [1.82, 2.24) is 15.0 Å². The number of hydrogen-bond donors (Lipinski definition) is 0. The van der Waals surface area contributed by atoms with Crippen LogP contribution >= 0.6 is 0 Å². The fourth-order valence-corrected chi connectivity index (χ4v) is 2.44. The van der Waals surface area contributed by atoms with Crippen molar-refractivity contribution in [2.75, 3.05) is 26.3 Å². The van der Waals surface area contributed by atoms with Crippen molar-refractivity contribution in [2.45, 2.75) is 32.1 Å². The molecule has 0 unspecified atom stereocenters. The third-order valence-corrected chi connectivity index (χ3v) is 3.37. The molecule has 0 aliphatic carbocycles. The molecule has 3 rings (SSSR count). The molecule has 0 N–H and O–H groups in total. The van der Waals surface area contributed by atoms with Gasteiger partial charge in [0.2, 0.25) is 5.89 Å². The van der Waals surface area contributed by atoms with E-state index in [1.54, 1.807) is 0 Å². The molecule has 2 saturated heterocycles. The Hall–Kier alpha value is -0.980. The summed E-state index contributed by atoms with van der Waals surface area (Å²) in [4.78, 5) is 6.52. The Balaban J connectivity index is 1.54. The van der Waals surface area contributed by atoms with Crippen LogP contribution in [0.3, 0.4) is 0 Å². The van der Waals surface area contributed by atoms with Gasteiger partial charge in [-0.25, -0.2) is 0 Å². The van der Waals surface area contributed by atoms with E-state index in [2.05, 4.69) is 15.0 Å². The monoisotopic (exact) mass is 239 g/mol. The van der Waals surface area contributed by atoms with E-state index in [1.165, 1.54) is 0 Å². The number of rotatable bonds is 2. The predicted molar refractivity (Wildman–Crippen MR) is 58.2 cm³/mol. The average Bonchev–Trinajstić information content (AvgIpc) is 2.93. The minimum atomic E-state index is -0.302. The summed E-state index contributed by atoms with van der Waals surface area (Å²) in [5, 5.41) is 3.91. The summed E-state index contributed by atoms with van der Waals surface area (Å²) in [7, 11) is 0. The van der Waals surface area contributed by atoms with Gasteiger partial charge in [0.1, 0.15) is 0 Å². The topological polar surface area (TPSA) is 60.6 Å². The van der Waals surface area contributed by atoms with Crippen LogP contribution < -0.4 is 0 Å². The van der Waals surface area contributed by atoms with Crippen LogP contribution in [0.15, 0.2) is 4.52 Å². The first-order chi connectivity index (χ1) is 8.26. The molecule has 0 radical (unpaired) electrons. The lowest BCUT2D eigenvalue weighted by Crippen LogP contribution is -2.44. The molecule has 2 aliphatic rings. The van der Waals surface area contributed by atoms with Crippen LogP contribution in [0.4, 0.5) is 0 Å². The Morgan fingerprint density at radius 1 is 1.24 bits per heavy atom. The SMILES string of the molecule is Cc1nc(CN2CCC3(CC2)OCCO3)no1. The largest absolute Gasteiger partial charge is 0.347 e. The molecule has 0 aromatic carbocycles. The minimum Gasteiger partial charge on any atom is -0.347 e. The molecule has 6 heteroatoms. The van der Waals surface area contributed by atoms with Crippen LogP contribution in [0.5, 0.6) is 0 Å². The van der Waals surface area contributed by atoms with Crippen molar-refractivity contribution in [3.63, 3.8) is 0 Å². The summed E-state index contributed by atoms with van der Waals surface area (Å²) in [6.07, 6.45) is 1.84. The van der Waals surface area contributed by atoms with Crippen LogP contribution in [-0.2, 0) is 16.0 Å². The summed E-state index contributed by atoms with van der Waals surface area (Å²) in [5.41, 5.74) is 0. The second kappa shape index (κ2) is 4.36. The van der Waals surface area contributed by atoms with Gasteiger partial charge < -0.3 is 14.0 Å². The lowest BCUT2D eigenvalue weighted by atomic mass is 10.0. The third-order valence-electron chi connectivity index (χ3n) is 3.37. The van der Waals surface area contributed by atoms with Crippen LogP contribution in [-0.4, -0.2) is 47.1 Å². The van der Waals surface area contributed by atoms with E-state index in [1.807, 2.05) is 6.92 Å². The summed E-state index contributed by atoms with van der Waals surface area (Å²) >= 11 is 0. The molecular formula is C11H17N3O3. The molecule has 2 fully saturated rings.